The number of imidazole rings is 2. The standard InChI is InChI=1S/C20H19N7O3S/c1-24-17-16(18(29)25(2)20(24)30)27(11-21-17)10-15(28)22-13-6-4-3-5-12(13)14-9-26-7-8-31-19(26)23-14/h3-6,9,11H,7-8,10H2,1-2H3,(H,22,28). The van der Waals surface area contributed by atoms with Gasteiger partial charge in [0.1, 0.15) is 6.54 Å². The lowest BCUT2D eigenvalue weighted by molar-refractivity contribution is -0.116. The van der Waals surface area contributed by atoms with Crippen molar-refractivity contribution in [3.8, 4) is 11.3 Å². The first-order valence-corrected chi connectivity index (χ1v) is 10.6. The van der Waals surface area contributed by atoms with Crippen molar-refractivity contribution in [2.24, 2.45) is 14.1 Å². The molecule has 3 aromatic heterocycles. The molecule has 11 heteroatoms. The fourth-order valence-corrected chi connectivity index (χ4v) is 4.66. The second-order valence-corrected chi connectivity index (χ2v) is 8.36. The van der Waals surface area contributed by atoms with Crippen molar-refractivity contribution in [3.05, 3.63) is 57.6 Å². The van der Waals surface area contributed by atoms with Gasteiger partial charge in [-0.2, -0.15) is 0 Å². The molecule has 0 saturated heterocycles. The number of hydrogen-bond donors (Lipinski definition) is 1. The number of rotatable bonds is 4. The Balaban J connectivity index is 1.45. The fraction of sp³-hybridized carbons (Fsp3) is 0.250. The Bertz CT molecular complexity index is 1440. The zero-order valence-corrected chi connectivity index (χ0v) is 17.7. The minimum Gasteiger partial charge on any atom is -0.325 e. The van der Waals surface area contributed by atoms with Crippen LogP contribution >= 0.6 is 11.8 Å². The number of anilines is 1. The molecule has 1 aliphatic heterocycles. The van der Waals surface area contributed by atoms with Gasteiger partial charge in [0.05, 0.1) is 17.7 Å². The van der Waals surface area contributed by atoms with Crippen LogP contribution in [0.5, 0.6) is 0 Å². The highest BCUT2D eigenvalue weighted by Crippen LogP contribution is 2.32. The second-order valence-electron chi connectivity index (χ2n) is 7.29. The second kappa shape index (κ2) is 7.27. The number of carbonyl (C=O) groups is 1. The maximum Gasteiger partial charge on any atom is 0.332 e. The molecule has 5 rings (SSSR count). The lowest BCUT2D eigenvalue weighted by atomic mass is 10.1. The van der Waals surface area contributed by atoms with Crippen molar-refractivity contribution in [1.82, 2.24) is 28.2 Å². The average Bonchev–Trinajstić information content (AvgIpc) is 3.46. The molecule has 1 N–H and O–H groups in total. The van der Waals surface area contributed by atoms with Crippen LogP contribution in [0.2, 0.25) is 0 Å². The first-order valence-electron chi connectivity index (χ1n) is 9.64. The number of aryl methyl sites for hydroxylation is 2. The van der Waals surface area contributed by atoms with Gasteiger partial charge in [-0.15, -0.1) is 0 Å². The first kappa shape index (κ1) is 19.4. The van der Waals surface area contributed by atoms with Gasteiger partial charge in [-0.05, 0) is 6.07 Å². The van der Waals surface area contributed by atoms with Crippen LogP contribution in [0.15, 0.2) is 51.5 Å². The van der Waals surface area contributed by atoms with E-state index in [1.807, 2.05) is 30.5 Å². The van der Waals surface area contributed by atoms with Gasteiger partial charge >= 0.3 is 5.69 Å². The van der Waals surface area contributed by atoms with Crippen molar-refractivity contribution < 1.29 is 4.79 Å². The third-order valence-corrected chi connectivity index (χ3v) is 6.28. The molecule has 158 valence electrons. The molecule has 0 unspecified atom stereocenters. The van der Waals surface area contributed by atoms with E-state index in [1.54, 1.807) is 11.8 Å². The number of thioether (sulfide) groups is 1. The third-order valence-electron chi connectivity index (χ3n) is 5.31. The Morgan fingerprint density at radius 1 is 1.19 bits per heavy atom. The number of benzene rings is 1. The summed E-state index contributed by atoms with van der Waals surface area (Å²) in [4.78, 5) is 46.3. The maximum absolute atomic E-state index is 12.8. The predicted octanol–water partition coefficient (Wildman–Crippen LogP) is 1.04. The third kappa shape index (κ3) is 3.17. The molecule has 0 spiro atoms. The minimum absolute atomic E-state index is 0.117. The molecule has 1 aliphatic rings. The molecule has 0 saturated carbocycles. The number of aromatic nitrogens is 6. The zero-order valence-electron chi connectivity index (χ0n) is 16.9. The van der Waals surface area contributed by atoms with Crippen molar-refractivity contribution in [2.45, 2.75) is 18.2 Å². The first-order chi connectivity index (χ1) is 14.9. The molecule has 0 fully saturated rings. The number of nitrogens with one attached hydrogen (secondary N) is 1. The van der Waals surface area contributed by atoms with E-state index >= 15 is 0 Å². The Morgan fingerprint density at radius 3 is 2.81 bits per heavy atom. The van der Waals surface area contributed by atoms with Crippen molar-refractivity contribution >= 4 is 34.5 Å². The lowest BCUT2D eigenvalue weighted by Crippen LogP contribution is -2.37. The number of nitrogens with zero attached hydrogens (tertiary/aromatic N) is 6. The fourth-order valence-electron chi connectivity index (χ4n) is 3.72. The van der Waals surface area contributed by atoms with Gasteiger partial charge in [-0.1, -0.05) is 30.0 Å². The van der Waals surface area contributed by atoms with Gasteiger partial charge in [0, 0.05) is 38.2 Å². The van der Waals surface area contributed by atoms with Crippen LogP contribution in [0.25, 0.3) is 22.4 Å². The highest BCUT2D eigenvalue weighted by Gasteiger charge is 2.19. The van der Waals surface area contributed by atoms with Crippen molar-refractivity contribution in [1.29, 1.82) is 0 Å². The van der Waals surface area contributed by atoms with Crippen LogP contribution in [0.4, 0.5) is 5.69 Å². The van der Waals surface area contributed by atoms with Gasteiger partial charge in [0.2, 0.25) is 5.91 Å². The Morgan fingerprint density at radius 2 is 2.00 bits per heavy atom. The molecule has 1 aromatic carbocycles. The summed E-state index contributed by atoms with van der Waals surface area (Å²) in [5, 5.41) is 3.89. The number of carbonyl (C=O) groups excluding carboxylic acids is 1. The topological polar surface area (TPSA) is 109 Å². The Kier molecular flexibility index (Phi) is 4.54. The molecule has 0 bridgehead atoms. The Hall–Kier alpha value is -3.60. The average molecular weight is 437 g/mol. The number of hydrogen-bond acceptors (Lipinski definition) is 6. The summed E-state index contributed by atoms with van der Waals surface area (Å²) < 4.78 is 5.85. The summed E-state index contributed by atoms with van der Waals surface area (Å²) in [5.41, 5.74) is 1.75. The van der Waals surface area contributed by atoms with Gasteiger partial charge in [0.25, 0.3) is 5.56 Å². The van der Waals surface area contributed by atoms with Crippen LogP contribution in [-0.2, 0) is 32.0 Å². The Labute approximate surface area is 180 Å². The largest absolute Gasteiger partial charge is 0.332 e. The normalized spacial score (nSPS) is 13.0. The van der Waals surface area contributed by atoms with Crippen LogP contribution in [0.1, 0.15) is 0 Å². The number of amides is 1. The molecule has 0 aliphatic carbocycles. The van der Waals surface area contributed by atoms with E-state index in [9.17, 15) is 14.4 Å². The molecule has 0 radical (unpaired) electrons. The molecule has 4 aromatic rings. The summed E-state index contributed by atoms with van der Waals surface area (Å²) in [7, 11) is 2.94. The van der Waals surface area contributed by atoms with E-state index in [0.717, 1.165) is 33.3 Å². The van der Waals surface area contributed by atoms with E-state index in [1.165, 1.54) is 29.6 Å². The summed E-state index contributed by atoms with van der Waals surface area (Å²) in [6.45, 7) is 0.806. The highest BCUT2D eigenvalue weighted by molar-refractivity contribution is 7.99. The summed E-state index contributed by atoms with van der Waals surface area (Å²) in [5.74, 6) is 0.703. The summed E-state index contributed by atoms with van der Waals surface area (Å²) >= 11 is 1.71. The zero-order chi connectivity index (χ0) is 21.7. The van der Waals surface area contributed by atoms with Crippen LogP contribution < -0.4 is 16.6 Å². The van der Waals surface area contributed by atoms with Crippen LogP contribution in [0.3, 0.4) is 0 Å². The van der Waals surface area contributed by atoms with E-state index < -0.39 is 11.2 Å². The predicted molar refractivity (Wildman–Crippen MR) is 117 cm³/mol. The molecule has 0 atom stereocenters. The molecular formula is C20H19N7O3S. The summed E-state index contributed by atoms with van der Waals surface area (Å²) in [6, 6.07) is 7.47. The van der Waals surface area contributed by atoms with Gasteiger partial charge in [-0.25, -0.2) is 14.8 Å². The van der Waals surface area contributed by atoms with Crippen molar-refractivity contribution in [2.75, 3.05) is 11.1 Å². The smallest absolute Gasteiger partial charge is 0.325 e. The highest BCUT2D eigenvalue weighted by atomic mass is 32.2. The van der Waals surface area contributed by atoms with E-state index in [4.69, 9.17) is 0 Å². The summed E-state index contributed by atoms with van der Waals surface area (Å²) in [6.07, 6.45) is 3.39. The number of para-hydroxylation sites is 1. The lowest BCUT2D eigenvalue weighted by Gasteiger charge is -2.11. The van der Waals surface area contributed by atoms with Gasteiger partial charge in [0.15, 0.2) is 16.3 Å². The monoisotopic (exact) mass is 437 g/mol. The van der Waals surface area contributed by atoms with Crippen LogP contribution in [-0.4, -0.2) is 39.9 Å². The molecule has 10 nitrogen and oxygen atoms in total. The minimum atomic E-state index is -0.492. The quantitative estimate of drug-likeness (QED) is 0.511. The maximum atomic E-state index is 12.8. The van der Waals surface area contributed by atoms with Gasteiger partial charge in [-0.3, -0.25) is 18.7 Å². The number of fused-ring (bicyclic) bond motifs is 2. The molecule has 4 heterocycles. The van der Waals surface area contributed by atoms with E-state index in [-0.39, 0.29) is 23.6 Å². The SMILES string of the molecule is Cn1c(=O)c2c(ncn2CC(=O)Nc2ccccc2-c2cn3c(n2)SCC3)n(C)c1=O. The molecule has 31 heavy (non-hydrogen) atoms. The van der Waals surface area contributed by atoms with E-state index in [2.05, 4.69) is 19.9 Å². The van der Waals surface area contributed by atoms with Crippen LogP contribution in [0, 0.1) is 0 Å². The van der Waals surface area contributed by atoms with Crippen molar-refractivity contribution in [3.63, 3.8) is 0 Å². The van der Waals surface area contributed by atoms with E-state index in [0.29, 0.717) is 5.69 Å². The van der Waals surface area contributed by atoms with Gasteiger partial charge < -0.3 is 14.5 Å². The molecular weight excluding hydrogens is 418 g/mol. The molecule has 1 amide bonds.